The Hall–Kier alpha value is -3.41. The summed E-state index contributed by atoms with van der Waals surface area (Å²) in [6, 6.07) is 17.2. The van der Waals surface area contributed by atoms with E-state index in [1.807, 2.05) is 54.6 Å². The summed E-state index contributed by atoms with van der Waals surface area (Å²) < 4.78 is 1.72. The highest BCUT2D eigenvalue weighted by atomic mass is 16.2. The molecular weight excluding hydrogens is 352 g/mol. The summed E-state index contributed by atoms with van der Waals surface area (Å²) in [6.07, 6.45) is 4.56. The molecule has 0 saturated heterocycles. The number of hydrogen-bond donors (Lipinski definition) is 1. The van der Waals surface area contributed by atoms with Gasteiger partial charge >= 0.3 is 0 Å². The van der Waals surface area contributed by atoms with Gasteiger partial charge in [0.25, 0.3) is 5.91 Å². The van der Waals surface area contributed by atoms with Crippen LogP contribution in [0.1, 0.15) is 27.9 Å². The highest BCUT2D eigenvalue weighted by molar-refractivity contribution is 6.02. The van der Waals surface area contributed by atoms with Gasteiger partial charge in [0.15, 0.2) is 0 Å². The maximum Gasteiger partial charge on any atom is 0.255 e. The molecule has 0 saturated carbocycles. The second kappa shape index (κ2) is 7.68. The second-order valence-corrected chi connectivity index (χ2v) is 7.00. The van der Waals surface area contributed by atoms with Crippen LogP contribution in [0.25, 0.3) is 0 Å². The Bertz CT molecular complexity index is 997. The molecule has 1 aromatic heterocycles. The van der Waals surface area contributed by atoms with Crippen LogP contribution in [0.2, 0.25) is 0 Å². The van der Waals surface area contributed by atoms with Crippen LogP contribution in [-0.2, 0) is 17.8 Å². The first kappa shape index (κ1) is 18.0. The summed E-state index contributed by atoms with van der Waals surface area (Å²) in [4.78, 5) is 27.1. The van der Waals surface area contributed by atoms with E-state index in [0.29, 0.717) is 18.5 Å². The molecule has 0 spiro atoms. The minimum Gasteiger partial charge on any atom is -0.340 e. The molecule has 142 valence electrons. The summed E-state index contributed by atoms with van der Waals surface area (Å²) in [5.41, 5.74) is 3.58. The Balaban J connectivity index is 1.45. The van der Waals surface area contributed by atoms with Gasteiger partial charge in [0.05, 0.1) is 18.3 Å². The van der Waals surface area contributed by atoms with Crippen molar-refractivity contribution in [3.8, 4) is 0 Å². The summed E-state index contributed by atoms with van der Waals surface area (Å²) >= 11 is 0. The zero-order valence-corrected chi connectivity index (χ0v) is 15.7. The van der Waals surface area contributed by atoms with Crippen molar-refractivity contribution < 1.29 is 9.59 Å². The quantitative estimate of drug-likeness (QED) is 0.763. The van der Waals surface area contributed by atoms with Crippen molar-refractivity contribution >= 4 is 17.5 Å². The van der Waals surface area contributed by atoms with E-state index in [4.69, 9.17) is 0 Å². The molecule has 6 nitrogen and oxygen atoms in total. The Morgan fingerprint density at radius 1 is 1.14 bits per heavy atom. The number of amides is 2. The predicted octanol–water partition coefficient (Wildman–Crippen LogP) is 2.64. The van der Waals surface area contributed by atoms with Gasteiger partial charge in [0, 0.05) is 18.9 Å². The standard InChI is InChI=1S/C22H22N4O2/c1-25-20-10-6-5-9-17(20)11-12-19(22(25)28)24-21(27)18-13-23-26(15-18)14-16-7-3-2-4-8-16/h2-10,13,15,19H,11-12,14H2,1H3,(H,24,27). The molecule has 2 aromatic carbocycles. The summed E-state index contributed by atoms with van der Waals surface area (Å²) in [7, 11) is 1.75. The molecule has 2 amide bonds. The molecule has 1 N–H and O–H groups in total. The number of rotatable bonds is 4. The molecule has 4 rings (SSSR count). The van der Waals surface area contributed by atoms with E-state index in [-0.39, 0.29) is 11.8 Å². The molecule has 1 unspecified atom stereocenters. The minimum atomic E-state index is -0.553. The van der Waals surface area contributed by atoms with Crippen LogP contribution in [0, 0.1) is 0 Å². The third-order valence-corrected chi connectivity index (χ3v) is 5.07. The van der Waals surface area contributed by atoms with Gasteiger partial charge in [-0.1, -0.05) is 48.5 Å². The molecule has 3 aromatic rings. The Morgan fingerprint density at radius 2 is 1.89 bits per heavy atom. The van der Waals surface area contributed by atoms with Crippen molar-refractivity contribution in [2.75, 3.05) is 11.9 Å². The van der Waals surface area contributed by atoms with Crippen molar-refractivity contribution in [2.45, 2.75) is 25.4 Å². The van der Waals surface area contributed by atoms with Gasteiger partial charge in [-0.3, -0.25) is 14.3 Å². The SMILES string of the molecule is CN1C(=O)C(NC(=O)c2cnn(Cc3ccccc3)c2)CCc2ccccc21. The Kier molecular flexibility index (Phi) is 4.93. The van der Waals surface area contributed by atoms with Crippen molar-refractivity contribution in [1.29, 1.82) is 0 Å². The molecule has 6 heteroatoms. The van der Waals surface area contributed by atoms with Crippen LogP contribution in [0.15, 0.2) is 67.0 Å². The van der Waals surface area contributed by atoms with E-state index in [9.17, 15) is 9.59 Å². The van der Waals surface area contributed by atoms with E-state index >= 15 is 0 Å². The molecule has 1 aliphatic rings. The van der Waals surface area contributed by atoms with Crippen LogP contribution >= 0.6 is 0 Å². The lowest BCUT2D eigenvalue weighted by Gasteiger charge is -2.21. The van der Waals surface area contributed by atoms with Crippen molar-refractivity contribution in [3.63, 3.8) is 0 Å². The average Bonchev–Trinajstić information content (AvgIpc) is 3.15. The number of benzene rings is 2. The lowest BCUT2D eigenvalue weighted by molar-refractivity contribution is -0.120. The highest BCUT2D eigenvalue weighted by Gasteiger charge is 2.29. The molecule has 1 aliphatic heterocycles. The van der Waals surface area contributed by atoms with Gasteiger partial charge in [-0.05, 0) is 30.0 Å². The van der Waals surface area contributed by atoms with E-state index < -0.39 is 6.04 Å². The number of aryl methyl sites for hydroxylation is 1. The smallest absolute Gasteiger partial charge is 0.255 e. The number of para-hydroxylation sites is 1. The lowest BCUT2D eigenvalue weighted by Crippen LogP contribution is -2.46. The normalized spacial score (nSPS) is 16.4. The first-order valence-electron chi connectivity index (χ1n) is 9.34. The third-order valence-electron chi connectivity index (χ3n) is 5.07. The molecule has 28 heavy (non-hydrogen) atoms. The van der Waals surface area contributed by atoms with Gasteiger partial charge < -0.3 is 10.2 Å². The summed E-state index contributed by atoms with van der Waals surface area (Å²) in [5.74, 6) is -0.382. The van der Waals surface area contributed by atoms with Gasteiger partial charge in [-0.15, -0.1) is 0 Å². The maximum atomic E-state index is 12.8. The number of nitrogens with zero attached hydrogens (tertiary/aromatic N) is 3. The Morgan fingerprint density at radius 3 is 2.71 bits per heavy atom. The van der Waals surface area contributed by atoms with Crippen LogP contribution in [0.4, 0.5) is 5.69 Å². The van der Waals surface area contributed by atoms with Gasteiger partial charge in [0.1, 0.15) is 6.04 Å². The largest absolute Gasteiger partial charge is 0.340 e. The van der Waals surface area contributed by atoms with Gasteiger partial charge in [-0.25, -0.2) is 0 Å². The molecule has 0 aliphatic carbocycles. The van der Waals surface area contributed by atoms with Crippen molar-refractivity contribution in [3.05, 3.63) is 83.7 Å². The number of nitrogens with one attached hydrogen (secondary N) is 1. The fourth-order valence-electron chi connectivity index (χ4n) is 3.54. The van der Waals surface area contributed by atoms with E-state index in [1.165, 1.54) is 6.20 Å². The van der Waals surface area contributed by atoms with E-state index in [2.05, 4.69) is 10.4 Å². The number of aromatic nitrogens is 2. The number of hydrogen-bond acceptors (Lipinski definition) is 3. The fourth-order valence-corrected chi connectivity index (χ4v) is 3.54. The minimum absolute atomic E-state index is 0.102. The first-order chi connectivity index (χ1) is 13.6. The molecule has 2 heterocycles. The fraction of sp³-hybridized carbons (Fsp3) is 0.227. The molecule has 1 atom stereocenters. The summed E-state index contributed by atoms with van der Waals surface area (Å²) in [5, 5.41) is 7.15. The molecular formula is C22H22N4O2. The zero-order chi connectivity index (χ0) is 19.5. The molecule has 0 fully saturated rings. The topological polar surface area (TPSA) is 67.2 Å². The number of fused-ring (bicyclic) bond motifs is 1. The number of carbonyl (C=O) groups is 2. The van der Waals surface area contributed by atoms with E-state index in [0.717, 1.165) is 23.2 Å². The number of anilines is 1. The zero-order valence-electron chi connectivity index (χ0n) is 15.7. The first-order valence-corrected chi connectivity index (χ1v) is 9.34. The maximum absolute atomic E-state index is 12.8. The van der Waals surface area contributed by atoms with Crippen LogP contribution < -0.4 is 10.2 Å². The van der Waals surface area contributed by atoms with Crippen LogP contribution in [-0.4, -0.2) is 34.7 Å². The Labute approximate surface area is 163 Å². The summed E-state index contributed by atoms with van der Waals surface area (Å²) in [6.45, 7) is 0.592. The highest BCUT2D eigenvalue weighted by Crippen LogP contribution is 2.25. The molecule has 0 bridgehead atoms. The second-order valence-electron chi connectivity index (χ2n) is 7.00. The average molecular weight is 374 g/mol. The number of likely N-dealkylation sites (N-methyl/N-ethyl adjacent to an activating group) is 1. The van der Waals surface area contributed by atoms with Crippen LogP contribution in [0.3, 0.4) is 0 Å². The predicted molar refractivity (Wildman–Crippen MR) is 107 cm³/mol. The van der Waals surface area contributed by atoms with Crippen molar-refractivity contribution in [2.24, 2.45) is 0 Å². The third kappa shape index (κ3) is 3.67. The molecule has 0 radical (unpaired) electrons. The van der Waals surface area contributed by atoms with E-state index in [1.54, 1.807) is 22.8 Å². The lowest BCUT2D eigenvalue weighted by atomic mass is 10.1. The number of carbonyl (C=O) groups excluding carboxylic acids is 2. The monoisotopic (exact) mass is 374 g/mol. The van der Waals surface area contributed by atoms with Gasteiger partial charge in [0.2, 0.25) is 5.91 Å². The van der Waals surface area contributed by atoms with Crippen LogP contribution in [0.5, 0.6) is 0 Å². The van der Waals surface area contributed by atoms with Gasteiger partial charge in [-0.2, -0.15) is 5.10 Å². The van der Waals surface area contributed by atoms with Crippen molar-refractivity contribution in [1.82, 2.24) is 15.1 Å².